The number of hydrogen-bond donors (Lipinski definition) is 2. The number of Topliss-reactive ketones (excluding diaryl/α,β-unsaturated/α-hetero) is 1. The molecule has 0 fully saturated rings. The number of ether oxygens (including phenoxy) is 1. The molecule has 0 bridgehead atoms. The molecule has 0 spiro atoms. The summed E-state index contributed by atoms with van der Waals surface area (Å²) < 4.78 is 10.2. The second-order valence-electron chi connectivity index (χ2n) is 9.09. The van der Waals surface area contributed by atoms with Crippen molar-refractivity contribution in [3.05, 3.63) is 60.1 Å². The summed E-state index contributed by atoms with van der Waals surface area (Å²) in [5.74, 6) is 1.18. The van der Waals surface area contributed by atoms with Gasteiger partial charge in [-0.15, -0.1) is 11.8 Å². The summed E-state index contributed by atoms with van der Waals surface area (Å²) in [7, 11) is 1.60. The van der Waals surface area contributed by atoms with Gasteiger partial charge in [-0.25, -0.2) is 0 Å². The number of carbonyl (C=O) groups is 3. The van der Waals surface area contributed by atoms with Crippen LogP contribution in [0.4, 0.5) is 0 Å². The number of carbonyl (C=O) groups excluding carboxylic acids is 3. The van der Waals surface area contributed by atoms with Crippen LogP contribution in [0, 0.1) is 5.92 Å². The summed E-state index contributed by atoms with van der Waals surface area (Å²) in [5.41, 5.74) is 1.86. The van der Waals surface area contributed by atoms with Crippen LogP contribution in [0.5, 0.6) is 5.75 Å². The zero-order valence-corrected chi connectivity index (χ0v) is 22.4. The van der Waals surface area contributed by atoms with E-state index in [-0.39, 0.29) is 23.5 Å². The number of furan rings is 1. The van der Waals surface area contributed by atoms with Gasteiger partial charge >= 0.3 is 0 Å². The minimum absolute atomic E-state index is 0.0145. The van der Waals surface area contributed by atoms with Crippen LogP contribution in [0.3, 0.4) is 0 Å². The van der Waals surface area contributed by atoms with E-state index in [1.54, 1.807) is 25.7 Å². The van der Waals surface area contributed by atoms with Crippen molar-refractivity contribution in [2.45, 2.75) is 64.3 Å². The number of hydrogen-bond acceptors (Lipinski definition) is 6. The van der Waals surface area contributed by atoms with Crippen LogP contribution in [0.15, 0.2) is 53.4 Å². The summed E-state index contributed by atoms with van der Waals surface area (Å²) in [5, 5.41) is 5.73. The molecule has 2 N–H and O–H groups in total. The lowest BCUT2D eigenvalue weighted by atomic mass is 10.0. The molecule has 2 aromatic rings. The van der Waals surface area contributed by atoms with Crippen molar-refractivity contribution in [2.75, 3.05) is 12.9 Å². The highest BCUT2D eigenvalue weighted by atomic mass is 32.2. The topological polar surface area (TPSA) is 97.6 Å². The maximum Gasteiger partial charge on any atom is 0.244 e. The highest BCUT2D eigenvalue weighted by Crippen LogP contribution is 2.15. The zero-order chi connectivity index (χ0) is 26.3. The summed E-state index contributed by atoms with van der Waals surface area (Å²) in [4.78, 5) is 38.7. The summed E-state index contributed by atoms with van der Waals surface area (Å²) in [6.07, 6.45) is 9.16. The molecule has 2 amide bonds. The first-order valence-electron chi connectivity index (χ1n) is 12.4. The van der Waals surface area contributed by atoms with Gasteiger partial charge in [0.15, 0.2) is 5.78 Å². The van der Waals surface area contributed by atoms with Crippen molar-refractivity contribution in [1.29, 1.82) is 0 Å². The van der Waals surface area contributed by atoms with E-state index in [1.807, 2.05) is 51.1 Å². The number of thioether (sulfide) groups is 1. The summed E-state index contributed by atoms with van der Waals surface area (Å²) in [6.45, 7) is 6.03. The summed E-state index contributed by atoms with van der Waals surface area (Å²) >= 11 is 1.50. The highest BCUT2D eigenvalue weighted by molar-refractivity contribution is 7.99. The van der Waals surface area contributed by atoms with E-state index in [0.717, 1.165) is 29.7 Å². The molecule has 1 heterocycles. The lowest BCUT2D eigenvalue weighted by Crippen LogP contribution is -2.52. The molecule has 1 aromatic heterocycles. The van der Waals surface area contributed by atoms with E-state index in [0.29, 0.717) is 24.3 Å². The molecule has 0 unspecified atom stereocenters. The Morgan fingerprint density at radius 3 is 2.44 bits per heavy atom. The third-order valence-electron chi connectivity index (χ3n) is 5.53. The molecule has 0 radical (unpaired) electrons. The van der Waals surface area contributed by atoms with Gasteiger partial charge in [-0.1, -0.05) is 45.7 Å². The second kappa shape index (κ2) is 15.9. The Hall–Kier alpha value is -3.00. The van der Waals surface area contributed by atoms with Gasteiger partial charge in [-0.2, -0.15) is 0 Å². The van der Waals surface area contributed by atoms with Crippen molar-refractivity contribution >= 4 is 35.4 Å². The normalized spacial score (nSPS) is 12.9. The molecular weight excluding hydrogens is 476 g/mol. The van der Waals surface area contributed by atoms with Gasteiger partial charge < -0.3 is 19.8 Å². The minimum atomic E-state index is -0.728. The van der Waals surface area contributed by atoms with Gasteiger partial charge in [-0.05, 0) is 48.6 Å². The van der Waals surface area contributed by atoms with Crippen molar-refractivity contribution in [3.63, 3.8) is 0 Å². The molecule has 8 heteroatoms. The number of nitrogens with one attached hydrogen (secondary N) is 2. The molecule has 2 rings (SSSR count). The van der Waals surface area contributed by atoms with Gasteiger partial charge in [0.05, 0.1) is 31.4 Å². The zero-order valence-electron chi connectivity index (χ0n) is 21.6. The lowest BCUT2D eigenvalue weighted by molar-refractivity contribution is -0.130. The lowest BCUT2D eigenvalue weighted by Gasteiger charge is -2.23. The fourth-order valence-corrected chi connectivity index (χ4v) is 4.45. The van der Waals surface area contributed by atoms with Crippen LogP contribution < -0.4 is 15.4 Å². The predicted octanol–water partition coefficient (Wildman–Crippen LogP) is 5.01. The van der Waals surface area contributed by atoms with E-state index in [4.69, 9.17) is 9.15 Å². The number of methoxy groups -OCH3 is 1. The van der Waals surface area contributed by atoms with E-state index in [1.165, 1.54) is 17.8 Å². The molecule has 2 atom stereocenters. The first kappa shape index (κ1) is 29.2. The van der Waals surface area contributed by atoms with Gasteiger partial charge in [0.1, 0.15) is 11.8 Å². The van der Waals surface area contributed by atoms with Gasteiger partial charge in [0, 0.05) is 17.4 Å². The maximum absolute atomic E-state index is 13.2. The largest absolute Gasteiger partial charge is 0.497 e. The standard InChI is InChI=1S/C28H38N2O5S/c1-5-6-7-24(26(31)19-36-18-22-14-15-35-17-22)30-28(33)25(16-20(2)3)29-27(32)13-10-21-8-11-23(34-4)12-9-21/h8-15,17,20,24-25H,5-7,16,18-19H2,1-4H3,(H,29,32)(H,30,33)/t24-,25-/m0/s1. The van der Waals surface area contributed by atoms with Crippen LogP contribution >= 0.6 is 11.8 Å². The Morgan fingerprint density at radius 2 is 1.83 bits per heavy atom. The number of benzene rings is 1. The quantitative estimate of drug-likeness (QED) is 0.306. The smallest absolute Gasteiger partial charge is 0.244 e. The molecule has 7 nitrogen and oxygen atoms in total. The fraction of sp³-hybridized carbons (Fsp3) is 0.464. The van der Waals surface area contributed by atoms with Crippen LogP contribution in [0.25, 0.3) is 6.08 Å². The molecule has 0 aliphatic rings. The van der Waals surface area contributed by atoms with Gasteiger partial charge in [-0.3, -0.25) is 14.4 Å². The number of rotatable bonds is 16. The Morgan fingerprint density at radius 1 is 1.08 bits per heavy atom. The fourth-order valence-electron chi connectivity index (χ4n) is 3.55. The van der Waals surface area contributed by atoms with E-state index in [9.17, 15) is 14.4 Å². The van der Waals surface area contributed by atoms with Crippen LogP contribution in [-0.4, -0.2) is 42.5 Å². The molecule has 0 saturated carbocycles. The van der Waals surface area contributed by atoms with Crippen LogP contribution in [0.1, 0.15) is 57.6 Å². The van der Waals surface area contributed by atoms with E-state index in [2.05, 4.69) is 10.6 Å². The third kappa shape index (κ3) is 10.7. The van der Waals surface area contributed by atoms with E-state index >= 15 is 0 Å². The number of unbranched alkanes of at least 4 members (excludes halogenated alkanes) is 1. The molecule has 196 valence electrons. The highest BCUT2D eigenvalue weighted by Gasteiger charge is 2.26. The molecule has 36 heavy (non-hydrogen) atoms. The maximum atomic E-state index is 13.2. The van der Waals surface area contributed by atoms with Crippen molar-refractivity contribution in [2.24, 2.45) is 5.92 Å². The Labute approximate surface area is 218 Å². The van der Waals surface area contributed by atoms with Crippen LogP contribution in [0.2, 0.25) is 0 Å². The average molecular weight is 515 g/mol. The van der Waals surface area contributed by atoms with Gasteiger partial charge in [0.25, 0.3) is 0 Å². The van der Waals surface area contributed by atoms with Crippen molar-refractivity contribution in [3.8, 4) is 5.75 Å². The second-order valence-corrected chi connectivity index (χ2v) is 10.1. The minimum Gasteiger partial charge on any atom is -0.497 e. The summed E-state index contributed by atoms with van der Waals surface area (Å²) in [6, 6.07) is 7.88. The Balaban J connectivity index is 1.98. The SMILES string of the molecule is CCCC[C@H](NC(=O)[C@H](CC(C)C)NC(=O)C=Cc1ccc(OC)cc1)C(=O)CSCc1ccoc1. The Bertz CT molecular complexity index is 970. The van der Waals surface area contributed by atoms with Crippen molar-refractivity contribution < 1.29 is 23.5 Å². The third-order valence-corrected chi connectivity index (χ3v) is 6.55. The predicted molar refractivity (Wildman–Crippen MR) is 145 cm³/mol. The molecule has 1 aromatic carbocycles. The molecular formula is C28H38N2O5S. The van der Waals surface area contributed by atoms with Gasteiger partial charge in [0.2, 0.25) is 11.8 Å². The molecule has 0 aliphatic carbocycles. The van der Waals surface area contributed by atoms with Crippen molar-refractivity contribution in [1.82, 2.24) is 10.6 Å². The molecule has 0 saturated heterocycles. The molecule has 0 aliphatic heterocycles. The Kier molecular flexibility index (Phi) is 12.9. The monoisotopic (exact) mass is 514 g/mol. The average Bonchev–Trinajstić information content (AvgIpc) is 3.38. The first-order chi connectivity index (χ1) is 17.3. The van der Waals surface area contributed by atoms with E-state index < -0.39 is 12.1 Å². The number of amides is 2. The first-order valence-corrected chi connectivity index (χ1v) is 13.5. The number of ketones is 1. The van der Waals surface area contributed by atoms with Crippen LogP contribution in [-0.2, 0) is 20.1 Å².